The van der Waals surface area contributed by atoms with Crippen LogP contribution in [-0.2, 0) is 16.1 Å². The van der Waals surface area contributed by atoms with Crippen LogP contribution >= 0.6 is 0 Å². The minimum absolute atomic E-state index is 0.0964. The SMILES string of the molecule is COC[C@@]1(O)CC[C@@]2(C)[C@@H](CC[C@@H]3[C@@H]2CC[C@]2(C)[C@@H](C(=O)Cn4nnc5ccc(C)cc54)CC[C@@H]32)C1. The Hall–Kier alpha value is -1.79. The Balaban J connectivity index is 1.20. The Kier molecular flexibility index (Phi) is 5.88. The maximum atomic E-state index is 13.8. The maximum absolute atomic E-state index is 13.8. The molecule has 2 aromatic rings. The standard InChI is InChI=1S/C30H43N3O3/c1-19-5-10-25-26(15-19)33(32-31-25)17-27(34)24-9-8-22-21-7-6-20-16-30(35,18-36-4)14-13-28(20,2)23(21)11-12-29(22,24)3/h5,10,15,20-24,35H,6-9,11-14,16-18H2,1-4H3/t20-,21-,22-,23-,24+,28-,29-,30+/m0/s1. The Bertz CT molecular complexity index is 1160. The van der Waals surface area contributed by atoms with E-state index in [0.717, 1.165) is 54.6 Å². The van der Waals surface area contributed by atoms with E-state index in [4.69, 9.17) is 4.74 Å². The van der Waals surface area contributed by atoms with Crippen molar-refractivity contribution in [1.29, 1.82) is 0 Å². The number of methoxy groups -OCH3 is 1. The number of ketones is 1. The molecule has 36 heavy (non-hydrogen) atoms. The summed E-state index contributed by atoms with van der Waals surface area (Å²) >= 11 is 0. The van der Waals surface area contributed by atoms with Crippen molar-refractivity contribution < 1.29 is 14.6 Å². The molecule has 0 amide bonds. The van der Waals surface area contributed by atoms with Crippen LogP contribution in [0.3, 0.4) is 0 Å². The first-order valence-corrected chi connectivity index (χ1v) is 14.2. The van der Waals surface area contributed by atoms with Crippen molar-refractivity contribution in [2.75, 3.05) is 13.7 Å². The molecule has 4 saturated carbocycles. The molecule has 0 bridgehead atoms. The molecule has 4 fully saturated rings. The van der Waals surface area contributed by atoms with Gasteiger partial charge in [-0.05, 0) is 117 Å². The average molecular weight is 494 g/mol. The summed E-state index contributed by atoms with van der Waals surface area (Å²) in [6, 6.07) is 6.12. The molecule has 6 rings (SSSR count). The van der Waals surface area contributed by atoms with E-state index in [-0.39, 0.29) is 11.3 Å². The van der Waals surface area contributed by atoms with Crippen molar-refractivity contribution in [2.45, 2.75) is 90.7 Å². The molecular weight excluding hydrogens is 450 g/mol. The molecular formula is C30H43N3O3. The van der Waals surface area contributed by atoms with Gasteiger partial charge in [0, 0.05) is 13.0 Å². The highest BCUT2D eigenvalue weighted by Crippen LogP contribution is 2.68. The van der Waals surface area contributed by atoms with Crippen LogP contribution in [0, 0.1) is 47.3 Å². The third-order valence-corrected chi connectivity index (χ3v) is 11.6. The zero-order valence-corrected chi connectivity index (χ0v) is 22.5. The Morgan fingerprint density at radius 2 is 1.89 bits per heavy atom. The van der Waals surface area contributed by atoms with Crippen LogP contribution in [0.15, 0.2) is 18.2 Å². The fourth-order valence-corrected chi connectivity index (χ4v) is 9.70. The number of carbonyl (C=O) groups is 1. The van der Waals surface area contributed by atoms with Gasteiger partial charge >= 0.3 is 0 Å². The van der Waals surface area contributed by atoms with E-state index in [9.17, 15) is 9.90 Å². The number of fused-ring (bicyclic) bond motifs is 6. The maximum Gasteiger partial charge on any atom is 0.157 e. The van der Waals surface area contributed by atoms with Gasteiger partial charge in [0.25, 0.3) is 0 Å². The smallest absolute Gasteiger partial charge is 0.157 e. The lowest BCUT2D eigenvalue weighted by Gasteiger charge is -2.62. The number of aromatic nitrogens is 3. The largest absolute Gasteiger partial charge is 0.387 e. The second kappa shape index (κ2) is 8.62. The molecule has 0 unspecified atom stereocenters. The van der Waals surface area contributed by atoms with Crippen LogP contribution < -0.4 is 0 Å². The summed E-state index contributed by atoms with van der Waals surface area (Å²) in [6.45, 7) is 7.82. The third-order valence-electron chi connectivity index (χ3n) is 11.6. The van der Waals surface area contributed by atoms with Gasteiger partial charge in [0.2, 0.25) is 0 Å². The van der Waals surface area contributed by atoms with Crippen molar-refractivity contribution in [3.8, 4) is 0 Å². The summed E-state index contributed by atoms with van der Waals surface area (Å²) in [7, 11) is 1.70. The highest BCUT2D eigenvalue weighted by Gasteiger charge is 2.62. The molecule has 0 aliphatic heterocycles. The van der Waals surface area contributed by atoms with E-state index in [2.05, 4.69) is 37.1 Å². The predicted molar refractivity (Wildman–Crippen MR) is 139 cm³/mol. The minimum atomic E-state index is -0.649. The number of rotatable bonds is 5. The molecule has 196 valence electrons. The molecule has 1 N–H and O–H groups in total. The van der Waals surface area contributed by atoms with E-state index in [1.54, 1.807) is 7.11 Å². The van der Waals surface area contributed by atoms with Crippen molar-refractivity contribution in [1.82, 2.24) is 15.0 Å². The first kappa shape index (κ1) is 24.5. The number of aliphatic hydroxyl groups is 1. The predicted octanol–water partition coefficient (Wildman–Crippen LogP) is 5.35. The van der Waals surface area contributed by atoms with E-state index < -0.39 is 5.60 Å². The van der Waals surface area contributed by atoms with Crippen molar-refractivity contribution in [3.63, 3.8) is 0 Å². The van der Waals surface area contributed by atoms with Crippen molar-refractivity contribution in [2.24, 2.45) is 40.4 Å². The molecule has 6 nitrogen and oxygen atoms in total. The molecule has 0 saturated heterocycles. The summed E-state index contributed by atoms with van der Waals surface area (Å²) in [5.74, 6) is 3.12. The second-order valence-electron chi connectivity index (χ2n) is 13.4. The average Bonchev–Trinajstić information content (AvgIpc) is 3.40. The van der Waals surface area contributed by atoms with Gasteiger partial charge in [-0.15, -0.1) is 5.10 Å². The number of hydrogen-bond donors (Lipinski definition) is 1. The zero-order valence-electron chi connectivity index (χ0n) is 22.5. The Morgan fingerprint density at radius 1 is 1.08 bits per heavy atom. The van der Waals surface area contributed by atoms with Crippen molar-refractivity contribution >= 4 is 16.8 Å². The summed E-state index contributed by atoms with van der Waals surface area (Å²) < 4.78 is 7.20. The van der Waals surface area contributed by atoms with E-state index in [1.807, 2.05) is 16.8 Å². The lowest BCUT2D eigenvalue weighted by Crippen LogP contribution is -2.57. The van der Waals surface area contributed by atoms with Gasteiger partial charge < -0.3 is 9.84 Å². The third kappa shape index (κ3) is 3.69. The van der Waals surface area contributed by atoms with E-state index in [0.29, 0.717) is 42.1 Å². The Morgan fingerprint density at radius 3 is 2.69 bits per heavy atom. The molecule has 8 atom stereocenters. The van der Waals surface area contributed by atoms with Gasteiger partial charge in [-0.3, -0.25) is 4.79 Å². The van der Waals surface area contributed by atoms with Crippen LogP contribution in [0.4, 0.5) is 0 Å². The van der Waals surface area contributed by atoms with Crippen LogP contribution in [0.25, 0.3) is 11.0 Å². The van der Waals surface area contributed by atoms with E-state index in [1.165, 1.54) is 25.7 Å². The van der Waals surface area contributed by atoms with Crippen molar-refractivity contribution in [3.05, 3.63) is 23.8 Å². The molecule has 1 aromatic carbocycles. The zero-order chi connectivity index (χ0) is 25.3. The number of carbonyl (C=O) groups excluding carboxylic acids is 1. The highest BCUT2D eigenvalue weighted by molar-refractivity contribution is 5.84. The van der Waals surface area contributed by atoms with Gasteiger partial charge in [0.05, 0.1) is 17.7 Å². The first-order chi connectivity index (χ1) is 17.2. The highest BCUT2D eigenvalue weighted by atomic mass is 16.5. The lowest BCUT2D eigenvalue weighted by molar-refractivity contribution is -0.164. The molecule has 0 spiro atoms. The van der Waals surface area contributed by atoms with Crippen LogP contribution in [0.5, 0.6) is 0 Å². The molecule has 1 heterocycles. The number of ether oxygens (including phenoxy) is 1. The van der Waals surface area contributed by atoms with Gasteiger partial charge in [-0.1, -0.05) is 25.1 Å². The molecule has 6 heteroatoms. The number of nitrogens with zero attached hydrogens (tertiary/aromatic N) is 3. The van der Waals surface area contributed by atoms with Gasteiger partial charge in [0.15, 0.2) is 5.78 Å². The van der Waals surface area contributed by atoms with Crippen LogP contribution in [0.1, 0.15) is 77.2 Å². The number of Topliss-reactive ketones (excluding diaryl/α,β-unsaturated/α-hetero) is 1. The summed E-state index contributed by atoms with van der Waals surface area (Å²) in [5, 5.41) is 19.8. The molecule has 0 radical (unpaired) electrons. The molecule has 4 aliphatic rings. The molecule has 4 aliphatic carbocycles. The fourth-order valence-electron chi connectivity index (χ4n) is 9.70. The monoisotopic (exact) mass is 493 g/mol. The normalized spacial score (nSPS) is 42.1. The minimum Gasteiger partial charge on any atom is -0.387 e. The van der Waals surface area contributed by atoms with Crippen LogP contribution in [-0.4, -0.2) is 45.2 Å². The molecule has 1 aromatic heterocycles. The van der Waals surface area contributed by atoms with E-state index >= 15 is 0 Å². The second-order valence-corrected chi connectivity index (χ2v) is 13.4. The summed E-state index contributed by atoms with van der Waals surface area (Å²) in [5.41, 5.74) is 2.74. The lowest BCUT2D eigenvalue weighted by atomic mass is 9.44. The van der Waals surface area contributed by atoms with Gasteiger partial charge in [0.1, 0.15) is 12.1 Å². The summed E-state index contributed by atoms with van der Waals surface area (Å²) in [6.07, 6.45) is 9.87. The first-order valence-electron chi connectivity index (χ1n) is 14.2. The number of hydrogen-bond acceptors (Lipinski definition) is 5. The van der Waals surface area contributed by atoms with Gasteiger partial charge in [-0.25, -0.2) is 4.68 Å². The number of aryl methyl sites for hydroxylation is 1. The quantitative estimate of drug-likeness (QED) is 0.608. The summed E-state index contributed by atoms with van der Waals surface area (Å²) in [4.78, 5) is 13.8. The number of benzene rings is 1. The van der Waals surface area contributed by atoms with Gasteiger partial charge in [-0.2, -0.15) is 0 Å². The van der Waals surface area contributed by atoms with Crippen LogP contribution in [0.2, 0.25) is 0 Å². The fraction of sp³-hybridized carbons (Fsp3) is 0.767. The topological polar surface area (TPSA) is 77.2 Å². The Labute approximate surface area is 215 Å².